The van der Waals surface area contributed by atoms with Gasteiger partial charge in [-0.15, -0.1) is 0 Å². The fourth-order valence-corrected chi connectivity index (χ4v) is 3.29. The second kappa shape index (κ2) is 7.53. The summed E-state index contributed by atoms with van der Waals surface area (Å²) in [5, 5.41) is 4.00. The van der Waals surface area contributed by atoms with Crippen molar-refractivity contribution < 1.29 is 18.4 Å². The van der Waals surface area contributed by atoms with Crippen molar-refractivity contribution in [2.24, 2.45) is 0 Å². The third-order valence-electron chi connectivity index (χ3n) is 4.74. The highest BCUT2D eigenvalue weighted by Crippen LogP contribution is 2.19. The zero-order valence-electron chi connectivity index (χ0n) is 14.8. The van der Waals surface area contributed by atoms with Gasteiger partial charge < -0.3 is 19.1 Å². The number of furan rings is 2. The van der Waals surface area contributed by atoms with Gasteiger partial charge in [0.25, 0.3) is 5.91 Å². The van der Waals surface area contributed by atoms with Crippen molar-refractivity contribution in [1.29, 1.82) is 0 Å². The molecule has 2 amide bonds. The zero-order chi connectivity index (χ0) is 18.6. The Morgan fingerprint density at radius 1 is 1.15 bits per heavy atom. The van der Waals surface area contributed by atoms with Gasteiger partial charge in [0.2, 0.25) is 5.91 Å². The first-order valence-corrected chi connectivity index (χ1v) is 8.98. The first-order chi connectivity index (χ1) is 13.2. The molecular formula is C21H20N2O4. The van der Waals surface area contributed by atoms with Crippen LogP contribution in [0.15, 0.2) is 63.8 Å². The molecule has 6 nitrogen and oxygen atoms in total. The first kappa shape index (κ1) is 17.1. The Bertz CT molecular complexity index is 930. The normalized spacial score (nSPS) is 15.5. The van der Waals surface area contributed by atoms with Gasteiger partial charge in [-0.1, -0.05) is 18.2 Å². The molecule has 2 aromatic heterocycles. The predicted octanol–water partition coefficient (Wildman–Crippen LogP) is 3.46. The van der Waals surface area contributed by atoms with Gasteiger partial charge in [-0.2, -0.15) is 0 Å². The van der Waals surface area contributed by atoms with Crippen molar-refractivity contribution in [1.82, 2.24) is 10.2 Å². The third-order valence-corrected chi connectivity index (χ3v) is 4.74. The van der Waals surface area contributed by atoms with Gasteiger partial charge in [-0.05, 0) is 37.1 Å². The maximum absolute atomic E-state index is 12.3. The highest BCUT2D eigenvalue weighted by atomic mass is 16.3. The zero-order valence-corrected chi connectivity index (χ0v) is 14.8. The van der Waals surface area contributed by atoms with Crippen molar-refractivity contribution in [2.75, 3.05) is 13.1 Å². The molecule has 0 unspecified atom stereocenters. The van der Waals surface area contributed by atoms with Crippen molar-refractivity contribution in [2.45, 2.75) is 18.9 Å². The Morgan fingerprint density at radius 2 is 1.96 bits per heavy atom. The van der Waals surface area contributed by atoms with E-state index >= 15 is 0 Å². The van der Waals surface area contributed by atoms with Crippen molar-refractivity contribution in [3.05, 3.63) is 66.3 Å². The minimum absolute atomic E-state index is 0.0293. The van der Waals surface area contributed by atoms with Crippen LogP contribution in [0.2, 0.25) is 0 Å². The summed E-state index contributed by atoms with van der Waals surface area (Å²) >= 11 is 0. The number of piperidine rings is 1. The quantitative estimate of drug-likeness (QED) is 0.720. The van der Waals surface area contributed by atoms with Crippen molar-refractivity contribution in [3.8, 4) is 0 Å². The van der Waals surface area contributed by atoms with Gasteiger partial charge in [0.1, 0.15) is 17.6 Å². The van der Waals surface area contributed by atoms with E-state index in [0.29, 0.717) is 24.4 Å². The molecule has 0 bridgehead atoms. The molecular weight excluding hydrogens is 344 g/mol. The Kier molecular flexibility index (Phi) is 4.78. The molecule has 1 saturated heterocycles. The number of benzene rings is 1. The van der Waals surface area contributed by atoms with E-state index in [1.165, 1.54) is 18.6 Å². The van der Waals surface area contributed by atoms with Crippen molar-refractivity contribution >= 4 is 28.9 Å². The third kappa shape index (κ3) is 3.95. The highest BCUT2D eigenvalue weighted by molar-refractivity contribution is 5.94. The van der Waals surface area contributed by atoms with E-state index in [0.717, 1.165) is 23.8 Å². The highest BCUT2D eigenvalue weighted by Gasteiger charge is 2.24. The molecule has 6 heteroatoms. The smallest absolute Gasteiger partial charge is 0.257 e. The van der Waals surface area contributed by atoms with Crippen LogP contribution in [-0.2, 0) is 4.79 Å². The van der Waals surface area contributed by atoms with Crippen LogP contribution in [0.1, 0.15) is 29.0 Å². The molecule has 0 spiro atoms. The maximum atomic E-state index is 12.3. The topological polar surface area (TPSA) is 75.7 Å². The number of para-hydroxylation sites is 1. The molecule has 0 radical (unpaired) electrons. The van der Waals surface area contributed by atoms with Crippen LogP contribution in [0.25, 0.3) is 17.0 Å². The largest absolute Gasteiger partial charge is 0.472 e. The fraction of sp³-hybridized carbons (Fsp3) is 0.238. The second-order valence-electron chi connectivity index (χ2n) is 6.61. The lowest BCUT2D eigenvalue weighted by Crippen LogP contribution is -2.46. The molecule has 27 heavy (non-hydrogen) atoms. The number of hydrogen-bond donors (Lipinski definition) is 1. The van der Waals surface area contributed by atoms with E-state index in [9.17, 15) is 9.59 Å². The lowest BCUT2D eigenvalue weighted by molar-refractivity contribution is -0.117. The number of amides is 2. The van der Waals surface area contributed by atoms with Crippen molar-refractivity contribution in [3.63, 3.8) is 0 Å². The number of nitrogens with one attached hydrogen (secondary N) is 1. The molecule has 0 saturated carbocycles. The number of nitrogens with zero attached hydrogens (tertiary/aromatic N) is 1. The van der Waals surface area contributed by atoms with Gasteiger partial charge >= 0.3 is 0 Å². The molecule has 0 aliphatic carbocycles. The average molecular weight is 364 g/mol. The number of carbonyl (C=O) groups excluding carboxylic acids is 2. The molecule has 3 aromatic rings. The number of hydrogen-bond acceptors (Lipinski definition) is 4. The summed E-state index contributed by atoms with van der Waals surface area (Å²) in [4.78, 5) is 26.2. The van der Waals surface area contributed by atoms with E-state index in [2.05, 4.69) is 5.32 Å². The number of likely N-dealkylation sites (tertiary alicyclic amines) is 1. The van der Waals surface area contributed by atoms with Gasteiger partial charge in [0.05, 0.1) is 11.8 Å². The predicted molar refractivity (Wildman–Crippen MR) is 101 cm³/mol. The van der Waals surface area contributed by atoms with Gasteiger partial charge in [-0.25, -0.2) is 0 Å². The summed E-state index contributed by atoms with van der Waals surface area (Å²) < 4.78 is 10.6. The van der Waals surface area contributed by atoms with E-state index in [-0.39, 0.29) is 17.9 Å². The van der Waals surface area contributed by atoms with E-state index in [4.69, 9.17) is 8.83 Å². The molecule has 4 rings (SSSR count). The number of rotatable bonds is 4. The van der Waals surface area contributed by atoms with Crippen LogP contribution in [0.3, 0.4) is 0 Å². The maximum Gasteiger partial charge on any atom is 0.257 e. The minimum atomic E-state index is -0.157. The van der Waals surface area contributed by atoms with E-state index in [1.54, 1.807) is 17.0 Å². The van der Waals surface area contributed by atoms with Crippen LogP contribution in [0, 0.1) is 0 Å². The lowest BCUT2D eigenvalue weighted by Gasteiger charge is -2.32. The Balaban J connectivity index is 1.28. The standard InChI is InChI=1S/C21H20N2O4/c24-20(6-5-18-13-15-3-1-2-4-19(15)27-18)22-17-7-10-23(11-8-17)21(25)16-9-12-26-14-16/h1-6,9,12-14,17H,7-8,10-11H2,(H,22,24)/b6-5+. The van der Waals surface area contributed by atoms with Crippen LogP contribution >= 0.6 is 0 Å². The molecule has 1 aliphatic heterocycles. The van der Waals surface area contributed by atoms with Crippen LogP contribution in [0.5, 0.6) is 0 Å². The Hall–Kier alpha value is -3.28. The van der Waals surface area contributed by atoms with Gasteiger partial charge in [-0.3, -0.25) is 9.59 Å². The molecule has 1 N–H and O–H groups in total. The number of fused-ring (bicyclic) bond motifs is 1. The van der Waals surface area contributed by atoms with Crippen LogP contribution < -0.4 is 5.32 Å². The molecule has 3 heterocycles. The van der Waals surface area contributed by atoms with Crippen LogP contribution in [0.4, 0.5) is 0 Å². The number of carbonyl (C=O) groups is 2. The summed E-state index contributed by atoms with van der Waals surface area (Å²) in [6, 6.07) is 11.3. The SMILES string of the molecule is O=C(/C=C/c1cc2ccccc2o1)NC1CCN(C(=O)c2ccoc2)CC1. The van der Waals surface area contributed by atoms with Crippen LogP contribution in [-0.4, -0.2) is 35.8 Å². The molecule has 1 aliphatic rings. The minimum Gasteiger partial charge on any atom is -0.472 e. The first-order valence-electron chi connectivity index (χ1n) is 8.98. The summed E-state index contributed by atoms with van der Waals surface area (Å²) in [6.07, 6.45) is 7.57. The van der Waals surface area contributed by atoms with E-state index < -0.39 is 0 Å². The molecule has 0 atom stereocenters. The summed E-state index contributed by atoms with van der Waals surface area (Å²) in [5.41, 5.74) is 1.36. The van der Waals surface area contributed by atoms with Gasteiger partial charge in [0.15, 0.2) is 0 Å². The molecule has 1 fully saturated rings. The Labute approximate surface area is 156 Å². The lowest BCUT2D eigenvalue weighted by atomic mass is 10.0. The summed E-state index contributed by atoms with van der Waals surface area (Å²) in [6.45, 7) is 1.23. The second-order valence-corrected chi connectivity index (χ2v) is 6.61. The monoisotopic (exact) mass is 364 g/mol. The fourth-order valence-electron chi connectivity index (χ4n) is 3.29. The molecule has 138 valence electrons. The summed E-state index contributed by atoms with van der Waals surface area (Å²) in [5.74, 6) is 0.459. The summed E-state index contributed by atoms with van der Waals surface area (Å²) in [7, 11) is 0. The van der Waals surface area contributed by atoms with E-state index in [1.807, 2.05) is 30.3 Å². The average Bonchev–Trinajstić information content (AvgIpc) is 3.36. The molecule has 1 aromatic carbocycles. The van der Waals surface area contributed by atoms with Gasteiger partial charge in [0, 0.05) is 30.6 Å². The Morgan fingerprint density at radius 3 is 2.70 bits per heavy atom.